The second kappa shape index (κ2) is 6.17. The van der Waals surface area contributed by atoms with Gasteiger partial charge in [-0.1, -0.05) is 18.9 Å². The molecule has 6 heteroatoms. The lowest BCUT2D eigenvalue weighted by molar-refractivity contribution is 0.0690. The van der Waals surface area contributed by atoms with Crippen molar-refractivity contribution in [3.05, 3.63) is 23.9 Å². The van der Waals surface area contributed by atoms with Crippen LogP contribution in [0.3, 0.4) is 0 Å². The van der Waals surface area contributed by atoms with Crippen LogP contribution in [0.4, 0.5) is 10.6 Å². The zero-order chi connectivity index (χ0) is 13.7. The van der Waals surface area contributed by atoms with E-state index < -0.39 is 5.97 Å². The highest BCUT2D eigenvalue weighted by molar-refractivity contribution is 5.90. The summed E-state index contributed by atoms with van der Waals surface area (Å²) >= 11 is 0. The fourth-order valence-electron chi connectivity index (χ4n) is 2.09. The molecule has 0 atom stereocenters. The van der Waals surface area contributed by atoms with Crippen LogP contribution in [-0.2, 0) is 0 Å². The lowest BCUT2D eigenvalue weighted by Crippen LogP contribution is -2.35. The number of anilines is 1. The van der Waals surface area contributed by atoms with E-state index in [1.54, 1.807) is 17.0 Å². The number of pyridine rings is 1. The highest BCUT2D eigenvalue weighted by atomic mass is 16.4. The largest absolute Gasteiger partial charge is 0.477 e. The number of carboxylic acids is 1. The number of hydrogen-bond acceptors (Lipinski definition) is 3. The lowest BCUT2D eigenvalue weighted by atomic mass is 10.2. The minimum atomic E-state index is -1.11. The van der Waals surface area contributed by atoms with E-state index >= 15 is 0 Å². The Balaban J connectivity index is 2.01. The second-order valence-corrected chi connectivity index (χ2v) is 4.54. The number of amides is 2. The number of aromatic nitrogens is 1. The third-order valence-electron chi connectivity index (χ3n) is 3.10. The van der Waals surface area contributed by atoms with Gasteiger partial charge < -0.3 is 10.0 Å². The number of likely N-dealkylation sites (tertiary alicyclic amines) is 1. The van der Waals surface area contributed by atoms with E-state index in [1.165, 1.54) is 6.07 Å². The molecule has 2 rings (SSSR count). The number of hydrogen-bond donors (Lipinski definition) is 2. The molecule has 0 unspecified atom stereocenters. The molecule has 1 aliphatic rings. The van der Waals surface area contributed by atoms with Gasteiger partial charge in [0.2, 0.25) is 0 Å². The van der Waals surface area contributed by atoms with E-state index in [9.17, 15) is 9.59 Å². The topological polar surface area (TPSA) is 82.5 Å². The van der Waals surface area contributed by atoms with Gasteiger partial charge in [-0.3, -0.25) is 5.32 Å². The maximum Gasteiger partial charge on any atom is 0.354 e. The molecule has 0 bridgehead atoms. The van der Waals surface area contributed by atoms with E-state index in [0.29, 0.717) is 0 Å². The molecule has 1 aromatic rings. The molecule has 0 aromatic carbocycles. The number of carbonyl (C=O) groups is 2. The lowest BCUT2D eigenvalue weighted by Gasteiger charge is -2.20. The Kier molecular flexibility index (Phi) is 4.33. The van der Waals surface area contributed by atoms with Crippen LogP contribution in [0.25, 0.3) is 0 Å². The second-order valence-electron chi connectivity index (χ2n) is 4.54. The van der Waals surface area contributed by atoms with Crippen LogP contribution in [0.1, 0.15) is 36.2 Å². The van der Waals surface area contributed by atoms with Crippen molar-refractivity contribution in [2.24, 2.45) is 0 Å². The van der Waals surface area contributed by atoms with Crippen LogP contribution in [-0.4, -0.2) is 40.1 Å². The molecule has 1 saturated heterocycles. The smallest absolute Gasteiger partial charge is 0.354 e. The molecule has 0 radical (unpaired) electrons. The molecule has 6 nitrogen and oxygen atoms in total. The number of carboxylic acid groups (broad SMARTS) is 1. The normalized spacial score (nSPS) is 15.7. The first kappa shape index (κ1) is 13.3. The molecule has 0 saturated carbocycles. The van der Waals surface area contributed by atoms with Gasteiger partial charge in [-0.2, -0.15) is 0 Å². The van der Waals surface area contributed by atoms with Gasteiger partial charge in [-0.15, -0.1) is 0 Å². The van der Waals surface area contributed by atoms with Gasteiger partial charge in [-0.25, -0.2) is 14.6 Å². The van der Waals surface area contributed by atoms with E-state index in [4.69, 9.17) is 5.11 Å². The van der Waals surface area contributed by atoms with Crippen molar-refractivity contribution in [1.82, 2.24) is 9.88 Å². The summed E-state index contributed by atoms with van der Waals surface area (Å²) in [4.78, 5) is 28.5. The molecule has 2 amide bonds. The molecule has 0 aliphatic carbocycles. The summed E-state index contributed by atoms with van der Waals surface area (Å²) in [7, 11) is 0. The van der Waals surface area contributed by atoms with Crippen molar-refractivity contribution in [1.29, 1.82) is 0 Å². The summed E-state index contributed by atoms with van der Waals surface area (Å²) in [6, 6.07) is 4.33. The van der Waals surface area contributed by atoms with Crippen molar-refractivity contribution in [2.45, 2.75) is 25.7 Å². The highest BCUT2D eigenvalue weighted by Gasteiger charge is 2.16. The third kappa shape index (κ3) is 3.67. The Morgan fingerprint density at radius 1 is 1.16 bits per heavy atom. The number of rotatable bonds is 2. The van der Waals surface area contributed by atoms with Gasteiger partial charge in [0.25, 0.3) is 0 Å². The predicted molar refractivity (Wildman–Crippen MR) is 70.3 cm³/mol. The molecular formula is C13H17N3O3. The van der Waals surface area contributed by atoms with Gasteiger partial charge in [0.15, 0.2) is 5.69 Å². The Morgan fingerprint density at radius 2 is 1.84 bits per heavy atom. The monoisotopic (exact) mass is 263 g/mol. The van der Waals surface area contributed by atoms with E-state index in [-0.39, 0.29) is 17.5 Å². The molecule has 1 fully saturated rings. The maximum absolute atomic E-state index is 12.0. The summed E-state index contributed by atoms with van der Waals surface area (Å²) in [6.45, 7) is 1.48. The van der Waals surface area contributed by atoms with Crippen LogP contribution < -0.4 is 5.32 Å². The molecule has 2 N–H and O–H groups in total. The SMILES string of the molecule is O=C(O)c1cccc(NC(=O)N2CCCCCC2)n1. The number of urea groups is 1. The fourth-order valence-corrected chi connectivity index (χ4v) is 2.09. The average molecular weight is 263 g/mol. The Morgan fingerprint density at radius 3 is 2.47 bits per heavy atom. The van der Waals surface area contributed by atoms with Crippen LogP contribution in [0, 0.1) is 0 Å². The number of carbonyl (C=O) groups excluding carboxylic acids is 1. The molecule has 19 heavy (non-hydrogen) atoms. The van der Waals surface area contributed by atoms with E-state index in [2.05, 4.69) is 10.3 Å². The maximum atomic E-state index is 12.0. The summed E-state index contributed by atoms with van der Waals surface area (Å²) in [5.74, 6) is -0.833. The Hall–Kier alpha value is -2.11. The molecular weight excluding hydrogens is 246 g/mol. The predicted octanol–water partition coefficient (Wildman–Crippen LogP) is 2.19. The van der Waals surface area contributed by atoms with Crippen LogP contribution >= 0.6 is 0 Å². The minimum absolute atomic E-state index is 0.0753. The highest BCUT2D eigenvalue weighted by Crippen LogP contribution is 2.12. The standard InChI is InChI=1S/C13H17N3O3/c17-12(18)10-6-5-7-11(14-10)15-13(19)16-8-3-1-2-4-9-16/h5-7H,1-4,8-9H2,(H,17,18)(H,14,15,19). The van der Waals surface area contributed by atoms with Crippen molar-refractivity contribution >= 4 is 17.8 Å². The van der Waals surface area contributed by atoms with Crippen LogP contribution in [0.2, 0.25) is 0 Å². The van der Waals surface area contributed by atoms with Gasteiger partial charge in [0, 0.05) is 13.1 Å². The zero-order valence-corrected chi connectivity index (χ0v) is 10.6. The van der Waals surface area contributed by atoms with E-state index in [1.807, 2.05) is 0 Å². The zero-order valence-electron chi connectivity index (χ0n) is 10.6. The van der Waals surface area contributed by atoms with Gasteiger partial charge >= 0.3 is 12.0 Å². The molecule has 0 spiro atoms. The van der Waals surface area contributed by atoms with Crippen molar-refractivity contribution in [2.75, 3.05) is 18.4 Å². The summed E-state index contributed by atoms with van der Waals surface area (Å²) in [6.07, 6.45) is 4.32. The quantitative estimate of drug-likeness (QED) is 0.856. The number of nitrogens with zero attached hydrogens (tertiary/aromatic N) is 2. The molecule has 102 valence electrons. The molecule has 1 aliphatic heterocycles. The van der Waals surface area contributed by atoms with Crippen molar-refractivity contribution in [3.63, 3.8) is 0 Å². The summed E-state index contributed by atoms with van der Waals surface area (Å²) < 4.78 is 0. The summed E-state index contributed by atoms with van der Waals surface area (Å²) in [5.41, 5.74) is -0.0753. The van der Waals surface area contributed by atoms with E-state index in [0.717, 1.165) is 38.8 Å². The average Bonchev–Trinajstić information content (AvgIpc) is 2.68. The van der Waals surface area contributed by atoms with Crippen molar-refractivity contribution in [3.8, 4) is 0 Å². The van der Waals surface area contributed by atoms with Gasteiger partial charge in [-0.05, 0) is 25.0 Å². The molecule has 1 aromatic heterocycles. The number of aromatic carboxylic acids is 1. The fraction of sp³-hybridized carbons (Fsp3) is 0.462. The Bertz CT molecular complexity index is 468. The summed E-state index contributed by atoms with van der Waals surface area (Å²) in [5, 5.41) is 11.5. The number of nitrogens with one attached hydrogen (secondary N) is 1. The minimum Gasteiger partial charge on any atom is -0.477 e. The first-order valence-electron chi connectivity index (χ1n) is 6.43. The molecule has 2 heterocycles. The van der Waals surface area contributed by atoms with Gasteiger partial charge in [0.1, 0.15) is 5.82 Å². The van der Waals surface area contributed by atoms with Crippen LogP contribution in [0.5, 0.6) is 0 Å². The van der Waals surface area contributed by atoms with Crippen LogP contribution in [0.15, 0.2) is 18.2 Å². The first-order valence-corrected chi connectivity index (χ1v) is 6.43. The van der Waals surface area contributed by atoms with Gasteiger partial charge in [0.05, 0.1) is 0 Å². The van der Waals surface area contributed by atoms with Crippen molar-refractivity contribution < 1.29 is 14.7 Å². The first-order chi connectivity index (χ1) is 9.16. The third-order valence-corrected chi connectivity index (χ3v) is 3.10. The Labute approximate surface area is 111 Å².